The molecule has 0 N–H and O–H groups in total. The zero-order chi connectivity index (χ0) is 21.6. The van der Waals surface area contributed by atoms with E-state index < -0.39 is 5.54 Å². The summed E-state index contributed by atoms with van der Waals surface area (Å²) >= 11 is 1.61. The largest absolute Gasteiger partial charge is 0.453 e. The maximum atomic E-state index is 13.0. The maximum Gasteiger partial charge on any atom is 0.409 e. The molecule has 1 fully saturated rings. The van der Waals surface area contributed by atoms with Crippen LogP contribution in [0.25, 0.3) is 10.7 Å². The van der Waals surface area contributed by atoms with E-state index in [1.54, 1.807) is 40.2 Å². The zero-order valence-electron chi connectivity index (χ0n) is 17.4. The van der Waals surface area contributed by atoms with Gasteiger partial charge >= 0.3 is 6.09 Å². The van der Waals surface area contributed by atoms with E-state index in [0.717, 1.165) is 16.5 Å². The van der Waals surface area contributed by atoms with Gasteiger partial charge in [0.05, 0.1) is 24.1 Å². The van der Waals surface area contributed by atoms with Gasteiger partial charge in [-0.1, -0.05) is 6.07 Å². The standard InChI is InChI=1S/C20H23N7O3S/c1-24-14(5-8-21-24)18(28)25-9-6-20(7-10-25)13-26(19(29)30-2)12-16-22-23-17(27(16)20)15-4-3-11-31-15/h3-5,8,11H,6-7,9-10,12-13H2,1-2H3. The van der Waals surface area contributed by atoms with Crippen molar-refractivity contribution in [2.75, 3.05) is 26.7 Å². The van der Waals surface area contributed by atoms with Crippen LogP contribution in [0.2, 0.25) is 0 Å². The van der Waals surface area contributed by atoms with Gasteiger partial charge in [0.1, 0.15) is 5.69 Å². The number of piperidine rings is 1. The Labute approximate surface area is 183 Å². The van der Waals surface area contributed by atoms with Gasteiger partial charge in [-0.3, -0.25) is 14.4 Å². The lowest BCUT2D eigenvalue weighted by atomic mass is 9.84. The van der Waals surface area contributed by atoms with Crippen molar-refractivity contribution in [3.8, 4) is 10.7 Å². The van der Waals surface area contributed by atoms with Crippen LogP contribution in [0.4, 0.5) is 4.79 Å². The Morgan fingerprint density at radius 2 is 1.97 bits per heavy atom. The molecule has 2 amide bonds. The highest BCUT2D eigenvalue weighted by atomic mass is 32.1. The van der Waals surface area contributed by atoms with Crippen molar-refractivity contribution >= 4 is 23.3 Å². The molecule has 1 spiro atoms. The predicted molar refractivity (Wildman–Crippen MR) is 112 cm³/mol. The first-order valence-electron chi connectivity index (χ1n) is 10.1. The molecule has 3 aromatic rings. The van der Waals surface area contributed by atoms with Crippen LogP contribution in [-0.4, -0.2) is 73.1 Å². The number of fused-ring (bicyclic) bond motifs is 2. The third-order valence-electron chi connectivity index (χ3n) is 6.22. The van der Waals surface area contributed by atoms with E-state index in [1.807, 2.05) is 22.4 Å². The smallest absolute Gasteiger partial charge is 0.409 e. The van der Waals surface area contributed by atoms with Gasteiger partial charge in [-0.2, -0.15) is 5.10 Å². The number of ether oxygens (including phenoxy) is 1. The molecule has 2 aliphatic heterocycles. The molecule has 1 saturated heterocycles. The van der Waals surface area contributed by atoms with E-state index in [9.17, 15) is 9.59 Å². The fourth-order valence-corrected chi connectivity index (χ4v) is 5.35. The summed E-state index contributed by atoms with van der Waals surface area (Å²) in [6.45, 7) is 1.99. The van der Waals surface area contributed by atoms with Crippen LogP contribution in [0.3, 0.4) is 0 Å². The Bertz CT molecular complexity index is 1110. The number of aromatic nitrogens is 5. The Morgan fingerprint density at radius 3 is 2.61 bits per heavy atom. The summed E-state index contributed by atoms with van der Waals surface area (Å²) in [4.78, 5) is 29.9. The number of carbonyl (C=O) groups is 2. The number of rotatable bonds is 2. The van der Waals surface area contributed by atoms with Gasteiger partial charge in [-0.25, -0.2) is 4.79 Å². The molecule has 2 aliphatic rings. The number of amides is 2. The average Bonchev–Trinajstić information content (AvgIpc) is 3.53. The molecule has 0 aromatic carbocycles. The maximum absolute atomic E-state index is 13.0. The van der Waals surface area contributed by atoms with Gasteiger partial charge in [0.25, 0.3) is 5.91 Å². The molecule has 0 bridgehead atoms. The van der Waals surface area contributed by atoms with Gasteiger partial charge in [0, 0.05) is 32.9 Å². The van der Waals surface area contributed by atoms with Gasteiger partial charge in [0.2, 0.25) is 0 Å². The summed E-state index contributed by atoms with van der Waals surface area (Å²) < 4.78 is 8.79. The van der Waals surface area contributed by atoms with Crippen molar-refractivity contribution in [3.05, 3.63) is 41.3 Å². The summed E-state index contributed by atoms with van der Waals surface area (Å²) in [5.74, 6) is 1.53. The number of carbonyl (C=O) groups excluding carboxylic acids is 2. The summed E-state index contributed by atoms with van der Waals surface area (Å²) in [5, 5.41) is 15.0. The second kappa shape index (κ2) is 7.49. The highest BCUT2D eigenvalue weighted by molar-refractivity contribution is 7.13. The molecule has 0 atom stereocenters. The molecule has 0 saturated carbocycles. The van der Waals surface area contributed by atoms with Crippen molar-refractivity contribution in [2.45, 2.75) is 24.9 Å². The number of aryl methyl sites for hydroxylation is 1. The van der Waals surface area contributed by atoms with Gasteiger partial charge in [-0.05, 0) is 30.4 Å². The normalized spacial score (nSPS) is 17.6. The summed E-state index contributed by atoms with van der Waals surface area (Å²) in [5.41, 5.74) is 0.174. The molecular weight excluding hydrogens is 418 g/mol. The van der Waals surface area contributed by atoms with Crippen LogP contribution in [0.15, 0.2) is 29.8 Å². The molecule has 162 valence electrons. The lowest BCUT2D eigenvalue weighted by Gasteiger charge is -2.48. The molecular formula is C20H23N7O3S. The molecule has 0 radical (unpaired) electrons. The minimum atomic E-state index is -0.395. The number of thiophene rings is 1. The molecule has 0 aliphatic carbocycles. The minimum absolute atomic E-state index is 0.0297. The zero-order valence-corrected chi connectivity index (χ0v) is 18.2. The fourth-order valence-electron chi connectivity index (χ4n) is 4.65. The lowest BCUT2D eigenvalue weighted by Crippen LogP contribution is -2.57. The van der Waals surface area contributed by atoms with E-state index in [0.29, 0.717) is 44.7 Å². The Balaban J connectivity index is 1.48. The van der Waals surface area contributed by atoms with Crippen LogP contribution in [0, 0.1) is 0 Å². The SMILES string of the molecule is COC(=O)N1Cc2nnc(-c3cccs3)n2C2(CCN(C(=O)c3ccnn3C)CC2)C1. The summed E-state index contributed by atoms with van der Waals surface area (Å²) in [6, 6.07) is 5.76. The van der Waals surface area contributed by atoms with Crippen molar-refractivity contribution in [1.29, 1.82) is 0 Å². The van der Waals surface area contributed by atoms with E-state index in [4.69, 9.17) is 4.74 Å². The Kier molecular flexibility index (Phi) is 4.77. The van der Waals surface area contributed by atoms with Crippen LogP contribution < -0.4 is 0 Å². The summed E-state index contributed by atoms with van der Waals surface area (Å²) in [7, 11) is 3.16. The predicted octanol–water partition coefficient (Wildman–Crippen LogP) is 1.95. The first-order chi connectivity index (χ1) is 15.0. The molecule has 0 unspecified atom stereocenters. The quantitative estimate of drug-likeness (QED) is 0.603. The van der Waals surface area contributed by atoms with Crippen LogP contribution in [-0.2, 0) is 23.9 Å². The van der Waals surface area contributed by atoms with Gasteiger partial charge in [-0.15, -0.1) is 21.5 Å². The van der Waals surface area contributed by atoms with Crippen LogP contribution in [0.1, 0.15) is 29.2 Å². The number of nitrogens with zero attached hydrogens (tertiary/aromatic N) is 7. The van der Waals surface area contributed by atoms with E-state index in [-0.39, 0.29) is 12.0 Å². The molecule has 31 heavy (non-hydrogen) atoms. The number of hydrogen-bond donors (Lipinski definition) is 0. The first-order valence-corrected chi connectivity index (χ1v) is 11.0. The number of likely N-dealkylation sites (tertiary alicyclic amines) is 1. The second-order valence-corrected chi connectivity index (χ2v) is 8.88. The van der Waals surface area contributed by atoms with Crippen molar-refractivity contribution in [2.24, 2.45) is 7.05 Å². The van der Waals surface area contributed by atoms with Gasteiger partial charge < -0.3 is 14.2 Å². The fraction of sp³-hybridized carbons (Fsp3) is 0.450. The van der Waals surface area contributed by atoms with E-state index in [1.165, 1.54) is 7.11 Å². The number of methoxy groups -OCH3 is 1. The molecule has 5 heterocycles. The summed E-state index contributed by atoms with van der Waals surface area (Å²) in [6.07, 6.45) is 2.63. The first kappa shape index (κ1) is 19.7. The second-order valence-electron chi connectivity index (χ2n) is 7.94. The van der Waals surface area contributed by atoms with Crippen LogP contribution in [0.5, 0.6) is 0 Å². The third-order valence-corrected chi connectivity index (χ3v) is 7.08. The Hall–Kier alpha value is -3.21. The van der Waals surface area contributed by atoms with E-state index >= 15 is 0 Å². The molecule has 10 nitrogen and oxygen atoms in total. The monoisotopic (exact) mass is 441 g/mol. The van der Waals surface area contributed by atoms with Crippen LogP contribution >= 0.6 is 11.3 Å². The average molecular weight is 442 g/mol. The van der Waals surface area contributed by atoms with E-state index in [2.05, 4.69) is 19.9 Å². The van der Waals surface area contributed by atoms with Crippen molar-refractivity contribution in [3.63, 3.8) is 0 Å². The highest BCUT2D eigenvalue weighted by Crippen LogP contribution is 2.40. The number of hydrogen-bond acceptors (Lipinski definition) is 7. The van der Waals surface area contributed by atoms with Gasteiger partial charge in [0.15, 0.2) is 11.6 Å². The Morgan fingerprint density at radius 1 is 1.16 bits per heavy atom. The highest BCUT2D eigenvalue weighted by Gasteiger charge is 2.46. The molecule has 3 aromatic heterocycles. The molecule has 5 rings (SSSR count). The lowest BCUT2D eigenvalue weighted by molar-refractivity contribution is 0.0312. The third kappa shape index (κ3) is 3.19. The topological polar surface area (TPSA) is 98.4 Å². The van der Waals surface area contributed by atoms with Crippen molar-refractivity contribution in [1.82, 2.24) is 34.3 Å². The minimum Gasteiger partial charge on any atom is -0.453 e. The molecule has 11 heteroatoms. The van der Waals surface area contributed by atoms with Crippen molar-refractivity contribution < 1.29 is 14.3 Å².